The Kier molecular flexibility index (Phi) is 4.67. The minimum absolute atomic E-state index is 0.899. The molecule has 2 heterocycles. The minimum atomic E-state index is 0.899. The predicted molar refractivity (Wildman–Crippen MR) is 106 cm³/mol. The molecule has 1 aromatic heterocycles. The second-order valence-electron chi connectivity index (χ2n) is 6.68. The normalized spacial score (nSPS) is 15.1. The van der Waals surface area contributed by atoms with Crippen LogP contribution in [0.2, 0.25) is 0 Å². The molecular formula is C22H24N2O2. The number of aromatic amines is 1. The average molecular weight is 348 g/mol. The Bertz CT molecular complexity index is 925. The second kappa shape index (κ2) is 7.26. The summed E-state index contributed by atoms with van der Waals surface area (Å²) in [6.07, 6.45) is 5.53. The van der Waals surface area contributed by atoms with E-state index >= 15 is 0 Å². The molecule has 3 aromatic rings. The van der Waals surface area contributed by atoms with Crippen LogP contribution in [0.15, 0.2) is 54.7 Å². The maximum Gasteiger partial charge on any atom is 0.119 e. The molecule has 0 amide bonds. The van der Waals surface area contributed by atoms with Crippen LogP contribution in [0.1, 0.15) is 17.5 Å². The van der Waals surface area contributed by atoms with Crippen LogP contribution in [0.5, 0.6) is 11.5 Å². The summed E-state index contributed by atoms with van der Waals surface area (Å²) in [5.74, 6) is 1.81. The van der Waals surface area contributed by atoms with Crippen LogP contribution in [0.4, 0.5) is 0 Å². The molecular weight excluding hydrogens is 324 g/mol. The SMILES string of the molecule is COc1ccc(CN2CC=C(c3c[nH]c4ccc(OC)cc34)CC2)cc1. The highest BCUT2D eigenvalue weighted by atomic mass is 16.5. The number of hydrogen-bond donors (Lipinski definition) is 1. The molecule has 4 nitrogen and oxygen atoms in total. The first-order valence-electron chi connectivity index (χ1n) is 8.96. The zero-order valence-corrected chi connectivity index (χ0v) is 15.3. The molecule has 0 saturated heterocycles. The quantitative estimate of drug-likeness (QED) is 0.739. The molecule has 134 valence electrons. The molecule has 0 bridgehead atoms. The molecule has 4 rings (SSSR count). The van der Waals surface area contributed by atoms with E-state index in [0.717, 1.165) is 43.1 Å². The summed E-state index contributed by atoms with van der Waals surface area (Å²) in [6.45, 7) is 3.00. The van der Waals surface area contributed by atoms with E-state index in [1.54, 1.807) is 14.2 Å². The van der Waals surface area contributed by atoms with E-state index in [1.807, 2.05) is 18.2 Å². The monoisotopic (exact) mass is 348 g/mol. The fourth-order valence-corrected chi connectivity index (χ4v) is 3.58. The number of hydrogen-bond acceptors (Lipinski definition) is 3. The lowest BCUT2D eigenvalue weighted by Gasteiger charge is -2.26. The highest BCUT2D eigenvalue weighted by Crippen LogP contribution is 2.31. The Balaban J connectivity index is 1.49. The Morgan fingerprint density at radius 3 is 2.46 bits per heavy atom. The number of benzene rings is 2. The van der Waals surface area contributed by atoms with Crippen LogP contribution in [-0.4, -0.2) is 37.2 Å². The van der Waals surface area contributed by atoms with Gasteiger partial charge in [0.1, 0.15) is 11.5 Å². The Hall–Kier alpha value is -2.72. The summed E-state index contributed by atoms with van der Waals surface area (Å²) in [5.41, 5.74) is 5.18. The standard InChI is InChI=1S/C22H24N2O2/c1-25-18-5-3-16(4-6-18)15-24-11-9-17(10-12-24)21-14-23-22-8-7-19(26-2)13-20(21)22/h3-9,13-14,23H,10-12,15H2,1-2H3. The van der Waals surface area contributed by atoms with Gasteiger partial charge in [0, 0.05) is 42.3 Å². The van der Waals surface area contributed by atoms with Gasteiger partial charge in [0.05, 0.1) is 14.2 Å². The van der Waals surface area contributed by atoms with Crippen LogP contribution in [0.3, 0.4) is 0 Å². The van der Waals surface area contributed by atoms with Crippen molar-refractivity contribution in [2.45, 2.75) is 13.0 Å². The smallest absolute Gasteiger partial charge is 0.119 e. The average Bonchev–Trinajstić information content (AvgIpc) is 3.12. The maximum atomic E-state index is 5.38. The summed E-state index contributed by atoms with van der Waals surface area (Å²) in [5, 5.41) is 1.24. The summed E-state index contributed by atoms with van der Waals surface area (Å²) < 4.78 is 10.6. The van der Waals surface area contributed by atoms with Crippen LogP contribution in [0, 0.1) is 0 Å². The van der Waals surface area contributed by atoms with E-state index in [2.05, 4.69) is 46.4 Å². The number of rotatable bonds is 5. The predicted octanol–water partition coefficient (Wildman–Crippen LogP) is 4.47. The largest absolute Gasteiger partial charge is 0.497 e. The van der Waals surface area contributed by atoms with Gasteiger partial charge >= 0.3 is 0 Å². The topological polar surface area (TPSA) is 37.5 Å². The molecule has 1 aliphatic rings. The molecule has 26 heavy (non-hydrogen) atoms. The highest BCUT2D eigenvalue weighted by Gasteiger charge is 2.16. The van der Waals surface area contributed by atoms with Gasteiger partial charge in [0.25, 0.3) is 0 Å². The van der Waals surface area contributed by atoms with Crippen LogP contribution in [0.25, 0.3) is 16.5 Å². The Morgan fingerprint density at radius 1 is 1.00 bits per heavy atom. The zero-order chi connectivity index (χ0) is 17.9. The lowest BCUT2D eigenvalue weighted by molar-refractivity contribution is 0.294. The summed E-state index contributed by atoms with van der Waals surface area (Å²) in [7, 11) is 3.41. The summed E-state index contributed by atoms with van der Waals surface area (Å²) >= 11 is 0. The number of nitrogens with zero attached hydrogens (tertiary/aromatic N) is 1. The molecule has 0 atom stereocenters. The van der Waals surface area contributed by atoms with Gasteiger partial charge in [-0.2, -0.15) is 0 Å². The highest BCUT2D eigenvalue weighted by molar-refractivity contribution is 5.93. The van der Waals surface area contributed by atoms with Crippen LogP contribution < -0.4 is 9.47 Å². The van der Waals surface area contributed by atoms with Crippen molar-refractivity contribution < 1.29 is 9.47 Å². The van der Waals surface area contributed by atoms with E-state index in [-0.39, 0.29) is 0 Å². The summed E-state index contributed by atoms with van der Waals surface area (Å²) in [6, 6.07) is 14.5. The fraction of sp³-hybridized carbons (Fsp3) is 0.273. The van der Waals surface area contributed by atoms with Crippen molar-refractivity contribution in [2.24, 2.45) is 0 Å². The van der Waals surface area contributed by atoms with Crippen LogP contribution in [-0.2, 0) is 6.54 Å². The van der Waals surface area contributed by atoms with Crippen LogP contribution >= 0.6 is 0 Å². The lowest BCUT2D eigenvalue weighted by Crippen LogP contribution is -2.27. The molecule has 2 aromatic carbocycles. The number of H-pyrrole nitrogens is 1. The van der Waals surface area contributed by atoms with Gasteiger partial charge in [-0.15, -0.1) is 0 Å². The number of ether oxygens (including phenoxy) is 2. The molecule has 4 heteroatoms. The van der Waals surface area contributed by atoms with Crippen molar-refractivity contribution in [3.05, 3.63) is 65.9 Å². The summed E-state index contributed by atoms with van der Waals surface area (Å²) in [4.78, 5) is 5.85. The van der Waals surface area contributed by atoms with E-state index < -0.39 is 0 Å². The van der Waals surface area contributed by atoms with E-state index in [9.17, 15) is 0 Å². The van der Waals surface area contributed by atoms with Crippen molar-refractivity contribution in [1.82, 2.24) is 9.88 Å². The minimum Gasteiger partial charge on any atom is -0.497 e. The third kappa shape index (κ3) is 3.33. The number of methoxy groups -OCH3 is 2. The fourth-order valence-electron chi connectivity index (χ4n) is 3.58. The number of fused-ring (bicyclic) bond motifs is 1. The molecule has 0 fully saturated rings. The first-order chi connectivity index (χ1) is 12.8. The van der Waals surface area contributed by atoms with Gasteiger partial charge in [-0.25, -0.2) is 0 Å². The number of nitrogens with one attached hydrogen (secondary N) is 1. The molecule has 0 aliphatic carbocycles. The van der Waals surface area contributed by atoms with Gasteiger partial charge in [-0.1, -0.05) is 18.2 Å². The van der Waals surface area contributed by atoms with E-state index in [1.165, 1.54) is 22.1 Å². The van der Waals surface area contributed by atoms with Gasteiger partial charge in [0.15, 0.2) is 0 Å². The molecule has 0 spiro atoms. The zero-order valence-electron chi connectivity index (χ0n) is 15.3. The van der Waals surface area contributed by atoms with Gasteiger partial charge in [-0.05, 0) is 47.9 Å². The van der Waals surface area contributed by atoms with Crippen molar-refractivity contribution in [3.8, 4) is 11.5 Å². The molecule has 1 aliphatic heterocycles. The van der Waals surface area contributed by atoms with E-state index in [0.29, 0.717) is 0 Å². The lowest BCUT2D eigenvalue weighted by atomic mass is 9.98. The maximum absolute atomic E-state index is 5.38. The van der Waals surface area contributed by atoms with Gasteiger partial charge in [-0.3, -0.25) is 4.90 Å². The molecule has 0 saturated carbocycles. The van der Waals surface area contributed by atoms with E-state index in [4.69, 9.17) is 9.47 Å². The Morgan fingerprint density at radius 2 is 1.77 bits per heavy atom. The van der Waals surface area contributed by atoms with Gasteiger partial charge < -0.3 is 14.5 Å². The van der Waals surface area contributed by atoms with Gasteiger partial charge in [0.2, 0.25) is 0 Å². The third-order valence-corrected chi connectivity index (χ3v) is 5.09. The van der Waals surface area contributed by atoms with Crippen molar-refractivity contribution in [1.29, 1.82) is 0 Å². The van der Waals surface area contributed by atoms with Crippen molar-refractivity contribution in [2.75, 3.05) is 27.3 Å². The third-order valence-electron chi connectivity index (χ3n) is 5.09. The molecule has 1 N–H and O–H groups in total. The second-order valence-corrected chi connectivity index (χ2v) is 6.68. The number of aromatic nitrogens is 1. The molecule has 0 radical (unpaired) electrons. The van der Waals surface area contributed by atoms with Crippen molar-refractivity contribution in [3.63, 3.8) is 0 Å². The van der Waals surface area contributed by atoms with Crippen molar-refractivity contribution >= 4 is 16.5 Å². The molecule has 0 unspecified atom stereocenters. The Labute approximate surface area is 154 Å². The first-order valence-corrected chi connectivity index (χ1v) is 8.96. The first kappa shape index (κ1) is 16.7.